The van der Waals surface area contributed by atoms with Gasteiger partial charge >= 0.3 is 5.97 Å². The Balaban J connectivity index is 1.84. The fraction of sp³-hybridized carbons (Fsp3) is 0.619. The number of likely N-dealkylation sites (N-methyl/N-ethyl adjacent to an activating group) is 1. The minimum Gasteiger partial charge on any atom is -0.468 e. The number of hydrogen-bond acceptors (Lipinski definition) is 6. The predicted molar refractivity (Wildman–Crippen MR) is 114 cm³/mol. The number of nitrogens with zero attached hydrogens (tertiary/aromatic N) is 1. The highest BCUT2D eigenvalue weighted by molar-refractivity contribution is 7.89. The first kappa shape index (κ1) is 22.6. The Kier molecular flexibility index (Phi) is 6.15. The number of benzene rings is 1. The molecule has 1 aromatic carbocycles. The van der Waals surface area contributed by atoms with Crippen molar-refractivity contribution in [1.82, 2.24) is 9.62 Å². The summed E-state index contributed by atoms with van der Waals surface area (Å²) >= 11 is 0. The van der Waals surface area contributed by atoms with E-state index < -0.39 is 22.5 Å². The molecule has 166 valence electrons. The van der Waals surface area contributed by atoms with Crippen LogP contribution < -0.4 is 10.6 Å². The van der Waals surface area contributed by atoms with Crippen molar-refractivity contribution < 1.29 is 22.7 Å². The van der Waals surface area contributed by atoms with Gasteiger partial charge in [-0.25, -0.2) is 8.42 Å². The van der Waals surface area contributed by atoms with E-state index in [1.165, 1.54) is 26.6 Å². The number of rotatable bonds is 7. The number of fused-ring (bicyclic) bond motifs is 2. The van der Waals surface area contributed by atoms with Gasteiger partial charge in [-0.2, -0.15) is 4.31 Å². The van der Waals surface area contributed by atoms with Gasteiger partial charge in [0, 0.05) is 25.7 Å². The molecule has 2 saturated carbocycles. The maximum atomic E-state index is 13.0. The summed E-state index contributed by atoms with van der Waals surface area (Å²) in [4.78, 5) is 24.4. The largest absolute Gasteiger partial charge is 0.468 e. The van der Waals surface area contributed by atoms with E-state index in [2.05, 4.69) is 29.2 Å². The number of ether oxygens (including phenoxy) is 1. The number of methoxy groups -OCH3 is 1. The van der Waals surface area contributed by atoms with Gasteiger partial charge in [0.2, 0.25) is 10.0 Å². The first-order valence-corrected chi connectivity index (χ1v) is 11.6. The fourth-order valence-electron chi connectivity index (χ4n) is 5.03. The molecule has 2 aliphatic carbocycles. The van der Waals surface area contributed by atoms with E-state index in [1.54, 1.807) is 19.2 Å². The third-order valence-corrected chi connectivity index (χ3v) is 8.80. The molecule has 1 aromatic rings. The molecule has 30 heavy (non-hydrogen) atoms. The lowest BCUT2D eigenvalue weighted by molar-refractivity contribution is -0.140. The van der Waals surface area contributed by atoms with Crippen LogP contribution in [0.1, 0.15) is 43.5 Å². The third-order valence-electron chi connectivity index (χ3n) is 6.96. The first-order valence-electron chi connectivity index (χ1n) is 10.2. The standard InChI is InChI=1S/C21H31N3O5S/c1-21(2)14-7-8-15(21)17(11-14)23-20(26)13-6-9-16(22-3)18(10-13)30(27,28)24(4)12-19(25)29-5/h6,9-10,14-15,17,22H,7-8,11-12H2,1-5H3,(H,23,26)/t14-,15+,17+/m1/s1. The summed E-state index contributed by atoms with van der Waals surface area (Å²) < 4.78 is 31.5. The Hall–Kier alpha value is -2.13. The highest BCUT2D eigenvalue weighted by Gasteiger charge is 2.53. The van der Waals surface area contributed by atoms with Crippen LogP contribution in [0.15, 0.2) is 23.1 Å². The van der Waals surface area contributed by atoms with Crippen molar-refractivity contribution in [2.45, 2.75) is 44.0 Å². The molecule has 0 saturated heterocycles. The molecule has 8 nitrogen and oxygen atoms in total. The van der Waals surface area contributed by atoms with Gasteiger partial charge in [-0.15, -0.1) is 0 Å². The monoisotopic (exact) mass is 437 g/mol. The van der Waals surface area contributed by atoms with Crippen LogP contribution in [0.2, 0.25) is 0 Å². The average molecular weight is 438 g/mol. The number of nitrogens with one attached hydrogen (secondary N) is 2. The summed E-state index contributed by atoms with van der Waals surface area (Å²) in [6.07, 6.45) is 3.28. The van der Waals surface area contributed by atoms with E-state index in [1.807, 2.05) is 0 Å². The molecule has 3 rings (SSSR count). The van der Waals surface area contributed by atoms with Gasteiger partial charge < -0.3 is 15.4 Å². The van der Waals surface area contributed by atoms with Crippen molar-refractivity contribution in [2.75, 3.05) is 33.1 Å². The van der Waals surface area contributed by atoms with E-state index in [0.29, 0.717) is 17.5 Å². The lowest BCUT2D eigenvalue weighted by Crippen LogP contribution is -2.40. The second-order valence-corrected chi connectivity index (χ2v) is 10.8. The Morgan fingerprint density at radius 1 is 1.27 bits per heavy atom. The molecule has 2 fully saturated rings. The summed E-state index contributed by atoms with van der Waals surface area (Å²) in [7, 11) is 0.0953. The molecular weight excluding hydrogens is 406 g/mol. The molecule has 2 bridgehead atoms. The second-order valence-electron chi connectivity index (χ2n) is 8.82. The lowest BCUT2D eigenvalue weighted by Gasteiger charge is -2.27. The molecule has 0 unspecified atom stereocenters. The number of carbonyl (C=O) groups excluding carboxylic acids is 2. The third kappa shape index (κ3) is 3.92. The summed E-state index contributed by atoms with van der Waals surface area (Å²) in [6.45, 7) is 4.12. The van der Waals surface area contributed by atoms with Gasteiger partial charge in [0.25, 0.3) is 5.91 Å². The molecule has 0 radical (unpaired) electrons. The van der Waals surface area contributed by atoms with Gasteiger partial charge in [0.05, 0.1) is 12.8 Å². The van der Waals surface area contributed by atoms with E-state index >= 15 is 0 Å². The van der Waals surface area contributed by atoms with Gasteiger partial charge in [0.1, 0.15) is 11.4 Å². The quantitative estimate of drug-likeness (QED) is 0.633. The Bertz CT molecular complexity index is 944. The van der Waals surface area contributed by atoms with Crippen LogP contribution in [0.5, 0.6) is 0 Å². The van der Waals surface area contributed by atoms with Crippen LogP contribution in [0, 0.1) is 17.3 Å². The smallest absolute Gasteiger partial charge is 0.321 e. The summed E-state index contributed by atoms with van der Waals surface area (Å²) in [5, 5.41) is 5.97. The van der Waals surface area contributed by atoms with Gasteiger partial charge in [-0.3, -0.25) is 9.59 Å². The number of anilines is 1. The van der Waals surface area contributed by atoms with E-state index in [4.69, 9.17) is 0 Å². The Labute approximate surface area is 178 Å². The van der Waals surface area contributed by atoms with Crippen LogP contribution in [-0.4, -0.2) is 58.4 Å². The van der Waals surface area contributed by atoms with E-state index in [0.717, 1.165) is 17.1 Å². The molecule has 1 amide bonds. The Morgan fingerprint density at radius 3 is 2.50 bits per heavy atom. The van der Waals surface area contributed by atoms with Crippen molar-refractivity contribution in [1.29, 1.82) is 0 Å². The number of carbonyl (C=O) groups is 2. The molecule has 0 heterocycles. The van der Waals surface area contributed by atoms with Crippen molar-refractivity contribution in [2.24, 2.45) is 17.3 Å². The normalized spacial score (nSPS) is 24.7. The first-order chi connectivity index (χ1) is 14.0. The van der Waals surface area contributed by atoms with Crippen LogP contribution >= 0.6 is 0 Å². The predicted octanol–water partition coefficient (Wildman–Crippen LogP) is 2.08. The second kappa shape index (κ2) is 8.19. The topological polar surface area (TPSA) is 105 Å². The van der Waals surface area contributed by atoms with Crippen molar-refractivity contribution >= 4 is 27.6 Å². The molecular formula is C21H31N3O5S. The molecule has 2 N–H and O–H groups in total. The van der Waals surface area contributed by atoms with Crippen LogP contribution in [-0.2, 0) is 19.6 Å². The maximum Gasteiger partial charge on any atom is 0.321 e. The minimum absolute atomic E-state index is 0.0580. The number of amides is 1. The summed E-state index contributed by atoms with van der Waals surface area (Å²) in [5.41, 5.74) is 0.850. The van der Waals surface area contributed by atoms with Gasteiger partial charge in [-0.05, 0) is 54.7 Å². The van der Waals surface area contributed by atoms with E-state index in [9.17, 15) is 18.0 Å². The van der Waals surface area contributed by atoms with Gasteiger partial charge in [0.15, 0.2) is 0 Å². The number of esters is 1. The minimum atomic E-state index is -4.01. The lowest BCUT2D eigenvalue weighted by atomic mass is 9.81. The molecule has 0 aliphatic heterocycles. The van der Waals surface area contributed by atoms with Crippen LogP contribution in [0.3, 0.4) is 0 Å². The fourth-order valence-corrected chi connectivity index (χ4v) is 6.37. The SMILES string of the molecule is CNc1ccc(C(=O)N[C@H]2C[C@H]3CC[C@@H]2C3(C)C)cc1S(=O)(=O)N(C)CC(=O)OC. The van der Waals surface area contributed by atoms with Crippen molar-refractivity contribution in [3.63, 3.8) is 0 Å². The maximum absolute atomic E-state index is 13.0. The zero-order chi connectivity index (χ0) is 22.3. The van der Waals surface area contributed by atoms with Gasteiger partial charge in [-0.1, -0.05) is 13.8 Å². The highest BCUT2D eigenvalue weighted by Crippen LogP contribution is 2.57. The molecule has 9 heteroatoms. The molecule has 0 aromatic heterocycles. The number of hydrogen-bond donors (Lipinski definition) is 2. The number of sulfonamides is 1. The molecule has 3 atom stereocenters. The highest BCUT2D eigenvalue weighted by atomic mass is 32.2. The van der Waals surface area contributed by atoms with Crippen molar-refractivity contribution in [3.05, 3.63) is 23.8 Å². The summed E-state index contributed by atoms with van der Waals surface area (Å²) in [6, 6.07) is 4.65. The van der Waals surface area contributed by atoms with Crippen LogP contribution in [0.25, 0.3) is 0 Å². The zero-order valence-corrected chi connectivity index (χ0v) is 19.0. The molecule has 0 spiro atoms. The summed E-state index contributed by atoms with van der Waals surface area (Å²) in [5.74, 6) is 0.109. The van der Waals surface area contributed by atoms with Crippen molar-refractivity contribution in [3.8, 4) is 0 Å². The van der Waals surface area contributed by atoms with Crippen LogP contribution in [0.4, 0.5) is 5.69 Å². The van der Waals surface area contributed by atoms with E-state index in [-0.39, 0.29) is 27.8 Å². The molecule has 2 aliphatic rings. The average Bonchev–Trinajstić information content (AvgIpc) is 3.13. The Morgan fingerprint density at radius 2 is 1.97 bits per heavy atom. The zero-order valence-electron chi connectivity index (χ0n) is 18.2.